The topological polar surface area (TPSA) is 55.5 Å². The van der Waals surface area contributed by atoms with Crippen LogP contribution in [0.5, 0.6) is 0 Å². The molecule has 0 heterocycles. The van der Waals surface area contributed by atoms with Crippen molar-refractivity contribution in [1.29, 1.82) is 0 Å². The Morgan fingerprint density at radius 2 is 2.08 bits per heavy atom. The first kappa shape index (κ1) is 18.9. The van der Waals surface area contributed by atoms with Crippen LogP contribution >= 0.6 is 0 Å². The maximum Gasteiger partial charge on any atom is 0.0612 e. The highest BCUT2D eigenvalue weighted by Gasteiger charge is 2.57. The van der Waals surface area contributed by atoms with Gasteiger partial charge in [-0.15, -0.1) is 0 Å². The van der Waals surface area contributed by atoms with Gasteiger partial charge in [0.05, 0.1) is 12.7 Å². The number of aryl methyl sites for hydroxylation is 1. The van der Waals surface area contributed by atoms with E-state index < -0.39 is 0 Å². The molecule has 0 bridgehead atoms. The van der Waals surface area contributed by atoms with E-state index in [-0.39, 0.29) is 17.1 Å². The highest BCUT2D eigenvalue weighted by atomic mass is 16.5. The molecule has 25 heavy (non-hydrogen) atoms. The van der Waals surface area contributed by atoms with Gasteiger partial charge in [0.2, 0.25) is 0 Å². The van der Waals surface area contributed by atoms with Gasteiger partial charge in [-0.1, -0.05) is 37.6 Å². The molecule has 0 aliphatic heterocycles. The Morgan fingerprint density at radius 3 is 2.76 bits per heavy atom. The van der Waals surface area contributed by atoms with Crippen molar-refractivity contribution in [2.24, 2.45) is 11.1 Å². The summed E-state index contributed by atoms with van der Waals surface area (Å²) < 4.78 is 5.49. The third-order valence-corrected chi connectivity index (χ3v) is 7.34. The predicted molar refractivity (Wildman–Crippen MR) is 103 cm³/mol. The van der Waals surface area contributed by atoms with Gasteiger partial charge in [0.15, 0.2) is 0 Å². The predicted octanol–water partition coefficient (Wildman–Crippen LogP) is 4.26. The minimum absolute atomic E-state index is 0.120. The summed E-state index contributed by atoms with van der Waals surface area (Å²) in [6, 6.07) is 6.91. The Bertz CT molecular complexity index is 616. The molecule has 0 spiro atoms. The Hall–Kier alpha value is -0.900. The average Bonchev–Trinajstić information content (AvgIpc) is 2.83. The Balaban J connectivity index is 1.93. The molecule has 0 aromatic heterocycles. The lowest BCUT2D eigenvalue weighted by Crippen LogP contribution is -2.57. The first-order valence-electron chi connectivity index (χ1n) is 9.91. The van der Waals surface area contributed by atoms with Gasteiger partial charge in [0, 0.05) is 24.0 Å². The minimum atomic E-state index is -0.243. The lowest BCUT2D eigenvalue weighted by atomic mass is 9.59. The highest BCUT2D eigenvalue weighted by molar-refractivity contribution is 5.38. The number of aliphatic hydroxyl groups excluding tert-OH is 1. The van der Waals surface area contributed by atoms with E-state index in [4.69, 9.17) is 10.5 Å². The molecule has 3 N–H and O–H groups in total. The van der Waals surface area contributed by atoms with Crippen LogP contribution in [0.3, 0.4) is 0 Å². The van der Waals surface area contributed by atoms with E-state index in [0.717, 1.165) is 45.1 Å². The first-order chi connectivity index (χ1) is 11.8. The summed E-state index contributed by atoms with van der Waals surface area (Å²) in [6.45, 7) is 7.38. The number of rotatable bonds is 5. The van der Waals surface area contributed by atoms with Crippen LogP contribution in [-0.4, -0.2) is 30.5 Å². The number of fused-ring (bicyclic) bond motifs is 1. The molecule has 1 aromatic carbocycles. The summed E-state index contributed by atoms with van der Waals surface area (Å²) in [5.41, 5.74) is 10.7. The average molecular weight is 346 g/mol. The van der Waals surface area contributed by atoms with E-state index in [2.05, 4.69) is 39.0 Å². The maximum absolute atomic E-state index is 10.5. The zero-order valence-corrected chi connectivity index (χ0v) is 16.3. The summed E-state index contributed by atoms with van der Waals surface area (Å²) >= 11 is 0. The normalized spacial score (nSPS) is 36.2. The Kier molecular flexibility index (Phi) is 5.30. The minimum Gasteiger partial charge on any atom is -0.392 e. The van der Waals surface area contributed by atoms with Crippen LogP contribution in [0.1, 0.15) is 80.9 Å². The molecule has 2 fully saturated rings. The monoisotopic (exact) mass is 345 g/mol. The third-order valence-electron chi connectivity index (χ3n) is 7.34. The molecule has 0 amide bonds. The maximum atomic E-state index is 10.5. The highest BCUT2D eigenvalue weighted by Crippen LogP contribution is 2.57. The van der Waals surface area contributed by atoms with Gasteiger partial charge >= 0.3 is 0 Å². The largest absolute Gasteiger partial charge is 0.392 e. The summed E-state index contributed by atoms with van der Waals surface area (Å²) in [7, 11) is 1.79. The molecule has 0 saturated heterocycles. The molecular formula is C22H35NO2. The van der Waals surface area contributed by atoms with Gasteiger partial charge in [-0.05, 0) is 62.5 Å². The molecule has 2 aliphatic rings. The second-order valence-corrected chi connectivity index (χ2v) is 8.76. The summed E-state index contributed by atoms with van der Waals surface area (Å²) in [6.07, 6.45) is 5.75. The van der Waals surface area contributed by atoms with E-state index in [1.807, 2.05) is 0 Å². The van der Waals surface area contributed by atoms with Crippen molar-refractivity contribution >= 4 is 0 Å². The van der Waals surface area contributed by atoms with E-state index in [9.17, 15) is 5.11 Å². The Labute approximate surface area is 153 Å². The van der Waals surface area contributed by atoms with E-state index in [0.29, 0.717) is 11.8 Å². The van der Waals surface area contributed by atoms with Crippen molar-refractivity contribution in [1.82, 2.24) is 0 Å². The number of benzene rings is 1. The smallest absolute Gasteiger partial charge is 0.0612 e. The van der Waals surface area contributed by atoms with E-state index >= 15 is 0 Å². The van der Waals surface area contributed by atoms with Gasteiger partial charge in [0.1, 0.15) is 0 Å². The number of hydrogen-bond donors (Lipinski definition) is 2. The van der Waals surface area contributed by atoms with Crippen LogP contribution in [0, 0.1) is 12.3 Å². The molecule has 0 unspecified atom stereocenters. The lowest BCUT2D eigenvalue weighted by Gasteiger charge is -2.49. The molecular weight excluding hydrogens is 310 g/mol. The van der Waals surface area contributed by atoms with Crippen LogP contribution in [0.4, 0.5) is 0 Å². The van der Waals surface area contributed by atoms with Gasteiger partial charge in [-0.25, -0.2) is 0 Å². The molecule has 3 heteroatoms. The summed E-state index contributed by atoms with van der Waals surface area (Å²) in [5.74, 6) is 0.931. The van der Waals surface area contributed by atoms with Crippen molar-refractivity contribution in [3.8, 4) is 0 Å². The number of hydrogen-bond acceptors (Lipinski definition) is 3. The van der Waals surface area contributed by atoms with Crippen molar-refractivity contribution in [2.45, 2.75) is 82.8 Å². The second kappa shape index (κ2) is 7.02. The molecule has 0 radical (unpaired) electrons. The van der Waals surface area contributed by atoms with Gasteiger partial charge in [-0.3, -0.25) is 0 Å². The SMILES string of the molecule is CC[C@H](COC)c1cc(C)ccc1[C@H]1CC[C@]2(C)[C@@H](O)CC[C@@]2(N)C1. The van der Waals surface area contributed by atoms with Crippen LogP contribution in [-0.2, 0) is 4.74 Å². The lowest BCUT2D eigenvalue weighted by molar-refractivity contribution is -0.00604. The standard InChI is InChI=1S/C22H35NO2/c1-5-16(14-25-4)19-12-15(2)6-7-18(19)17-8-10-21(3)20(24)9-11-22(21,23)13-17/h6-7,12,16-17,20,24H,5,8-11,13-14,23H2,1-4H3/t16-,17+,20+,21-,22-/m1/s1. The van der Waals surface area contributed by atoms with Gasteiger partial charge in [0.25, 0.3) is 0 Å². The second-order valence-electron chi connectivity index (χ2n) is 8.76. The number of methoxy groups -OCH3 is 1. The van der Waals surface area contributed by atoms with Crippen LogP contribution in [0.2, 0.25) is 0 Å². The number of ether oxygens (including phenoxy) is 1. The van der Waals surface area contributed by atoms with E-state index in [1.54, 1.807) is 7.11 Å². The molecule has 3 rings (SSSR count). The van der Waals surface area contributed by atoms with Crippen molar-refractivity contribution < 1.29 is 9.84 Å². The van der Waals surface area contributed by atoms with Crippen molar-refractivity contribution in [3.05, 3.63) is 34.9 Å². The molecule has 5 atom stereocenters. The zero-order chi connectivity index (χ0) is 18.2. The molecule has 1 aromatic rings. The first-order valence-corrected chi connectivity index (χ1v) is 9.91. The van der Waals surface area contributed by atoms with Gasteiger partial charge < -0.3 is 15.6 Å². The molecule has 3 nitrogen and oxygen atoms in total. The van der Waals surface area contributed by atoms with E-state index in [1.165, 1.54) is 16.7 Å². The number of aliphatic hydroxyl groups is 1. The fourth-order valence-corrected chi connectivity index (χ4v) is 5.41. The molecule has 140 valence electrons. The van der Waals surface area contributed by atoms with Crippen molar-refractivity contribution in [3.63, 3.8) is 0 Å². The van der Waals surface area contributed by atoms with Gasteiger partial charge in [-0.2, -0.15) is 0 Å². The van der Waals surface area contributed by atoms with Crippen molar-refractivity contribution in [2.75, 3.05) is 13.7 Å². The van der Waals surface area contributed by atoms with Crippen LogP contribution in [0.25, 0.3) is 0 Å². The number of nitrogens with two attached hydrogens (primary N) is 1. The summed E-state index contributed by atoms with van der Waals surface area (Å²) in [5, 5.41) is 10.5. The Morgan fingerprint density at radius 1 is 1.32 bits per heavy atom. The zero-order valence-electron chi connectivity index (χ0n) is 16.3. The third kappa shape index (κ3) is 3.15. The quantitative estimate of drug-likeness (QED) is 0.838. The fourth-order valence-electron chi connectivity index (χ4n) is 5.41. The molecule has 2 aliphatic carbocycles. The fraction of sp³-hybridized carbons (Fsp3) is 0.727. The van der Waals surface area contributed by atoms with Crippen LogP contribution in [0.15, 0.2) is 18.2 Å². The molecule has 2 saturated carbocycles. The van der Waals surface area contributed by atoms with Crippen LogP contribution < -0.4 is 5.73 Å². The summed E-state index contributed by atoms with van der Waals surface area (Å²) in [4.78, 5) is 0.